The summed E-state index contributed by atoms with van der Waals surface area (Å²) in [5, 5.41) is 0. The molecule has 2 aliphatic rings. The fourth-order valence-corrected chi connectivity index (χ4v) is 3.33. The maximum atomic E-state index is 11.4. The topological polar surface area (TPSA) is 44.8 Å². The summed E-state index contributed by atoms with van der Waals surface area (Å²) in [4.78, 5) is 11.4. The molecular formula is C22H26O4. The monoisotopic (exact) mass is 354 g/mol. The summed E-state index contributed by atoms with van der Waals surface area (Å²) in [7, 11) is 1.64. The molecule has 2 aromatic rings. The van der Waals surface area contributed by atoms with E-state index >= 15 is 0 Å². The van der Waals surface area contributed by atoms with Gasteiger partial charge in [0, 0.05) is 6.92 Å². The predicted molar refractivity (Wildman–Crippen MR) is 101 cm³/mol. The highest BCUT2D eigenvalue weighted by Gasteiger charge is 2.14. The zero-order chi connectivity index (χ0) is 18.4. The highest BCUT2D eigenvalue weighted by molar-refractivity contribution is 5.66. The lowest BCUT2D eigenvalue weighted by Crippen LogP contribution is -2.17. The van der Waals surface area contributed by atoms with Crippen LogP contribution in [0.2, 0.25) is 0 Å². The van der Waals surface area contributed by atoms with Gasteiger partial charge in [-0.25, -0.2) is 0 Å². The van der Waals surface area contributed by atoms with E-state index in [4.69, 9.17) is 14.2 Å². The summed E-state index contributed by atoms with van der Waals surface area (Å²) in [6, 6.07) is 14.2. The first kappa shape index (κ1) is 18.3. The molecule has 0 aliphatic carbocycles. The standard InChI is InChI=1S/C22H26O4/c1-16(23)25-19-6-4-3-5-17-7-11-20(12-8-17)26-22-15-18(9-13-19)10-14-21(22)24-2/h7-8,10-12,14-15,19H,3-6,9,13H2,1-2H3/t19-/m1/s1. The fraction of sp³-hybridized carbons (Fsp3) is 0.409. The van der Waals surface area contributed by atoms with Gasteiger partial charge >= 0.3 is 5.97 Å². The van der Waals surface area contributed by atoms with Crippen LogP contribution in [0.15, 0.2) is 42.5 Å². The molecule has 26 heavy (non-hydrogen) atoms. The van der Waals surface area contributed by atoms with Gasteiger partial charge in [-0.15, -0.1) is 0 Å². The van der Waals surface area contributed by atoms with Gasteiger partial charge in [0.2, 0.25) is 0 Å². The Balaban J connectivity index is 1.87. The van der Waals surface area contributed by atoms with E-state index in [0.29, 0.717) is 11.5 Å². The van der Waals surface area contributed by atoms with Crippen LogP contribution < -0.4 is 9.47 Å². The lowest BCUT2D eigenvalue weighted by Gasteiger charge is -2.17. The first-order chi connectivity index (χ1) is 12.6. The van der Waals surface area contributed by atoms with Crippen LogP contribution >= 0.6 is 0 Å². The summed E-state index contributed by atoms with van der Waals surface area (Å²) in [5.41, 5.74) is 2.43. The van der Waals surface area contributed by atoms with Gasteiger partial charge in [0.25, 0.3) is 0 Å². The molecule has 138 valence electrons. The van der Waals surface area contributed by atoms with Crippen LogP contribution in [0.1, 0.15) is 43.7 Å². The van der Waals surface area contributed by atoms with Crippen molar-refractivity contribution in [2.45, 2.75) is 51.6 Å². The molecule has 2 aromatic carbocycles. The molecule has 0 spiro atoms. The molecule has 0 radical (unpaired) electrons. The molecule has 0 aromatic heterocycles. The predicted octanol–water partition coefficient (Wildman–Crippen LogP) is 5.08. The second-order valence-electron chi connectivity index (χ2n) is 6.75. The third-order valence-electron chi connectivity index (χ3n) is 4.71. The minimum Gasteiger partial charge on any atom is -0.493 e. The van der Waals surface area contributed by atoms with E-state index in [2.05, 4.69) is 12.1 Å². The number of rotatable bonds is 2. The number of benzene rings is 2. The normalized spacial score (nSPS) is 17.5. The second kappa shape index (κ2) is 8.75. The molecule has 2 heterocycles. The quantitative estimate of drug-likeness (QED) is 0.706. The zero-order valence-corrected chi connectivity index (χ0v) is 15.5. The number of carbonyl (C=O) groups excluding carboxylic acids is 1. The van der Waals surface area contributed by atoms with E-state index in [9.17, 15) is 4.79 Å². The van der Waals surface area contributed by atoms with Crippen molar-refractivity contribution in [3.63, 3.8) is 0 Å². The van der Waals surface area contributed by atoms with E-state index in [0.717, 1.165) is 49.8 Å². The number of carbonyl (C=O) groups is 1. The van der Waals surface area contributed by atoms with Gasteiger partial charge in [0.15, 0.2) is 11.5 Å². The van der Waals surface area contributed by atoms with E-state index in [1.807, 2.05) is 30.3 Å². The van der Waals surface area contributed by atoms with Crippen molar-refractivity contribution in [1.29, 1.82) is 0 Å². The van der Waals surface area contributed by atoms with E-state index in [-0.39, 0.29) is 12.1 Å². The van der Waals surface area contributed by atoms with Crippen molar-refractivity contribution in [2.24, 2.45) is 0 Å². The van der Waals surface area contributed by atoms with E-state index in [1.165, 1.54) is 12.5 Å². The van der Waals surface area contributed by atoms with Crippen LogP contribution in [-0.4, -0.2) is 19.2 Å². The van der Waals surface area contributed by atoms with Crippen molar-refractivity contribution in [3.05, 3.63) is 53.6 Å². The SMILES string of the molecule is COc1ccc2cc1Oc1ccc(cc1)CCCC[C@@H](OC(C)=O)CC2. The van der Waals surface area contributed by atoms with E-state index < -0.39 is 0 Å². The zero-order valence-electron chi connectivity index (χ0n) is 15.5. The summed E-state index contributed by atoms with van der Waals surface area (Å²) in [5.74, 6) is 2.01. The Hall–Kier alpha value is -2.49. The van der Waals surface area contributed by atoms with E-state index in [1.54, 1.807) is 7.11 Å². The Morgan fingerprint density at radius 2 is 1.77 bits per heavy atom. The Labute approximate surface area is 155 Å². The van der Waals surface area contributed by atoms with Gasteiger partial charge in [-0.2, -0.15) is 0 Å². The Kier molecular flexibility index (Phi) is 6.16. The number of hydrogen-bond donors (Lipinski definition) is 0. The third-order valence-corrected chi connectivity index (χ3v) is 4.71. The second-order valence-corrected chi connectivity index (χ2v) is 6.75. The number of ether oxygens (including phenoxy) is 3. The molecule has 1 atom stereocenters. The lowest BCUT2D eigenvalue weighted by atomic mass is 10.0. The first-order valence-electron chi connectivity index (χ1n) is 9.25. The molecular weight excluding hydrogens is 328 g/mol. The summed E-state index contributed by atoms with van der Waals surface area (Å²) >= 11 is 0. The summed E-state index contributed by atoms with van der Waals surface area (Å²) in [6.45, 7) is 1.48. The van der Waals surface area contributed by atoms with Crippen LogP contribution in [-0.2, 0) is 22.4 Å². The van der Waals surface area contributed by atoms with Crippen LogP contribution in [0.4, 0.5) is 0 Å². The number of aryl methyl sites for hydroxylation is 2. The highest BCUT2D eigenvalue weighted by atomic mass is 16.5. The molecule has 4 bridgehead atoms. The van der Waals surface area contributed by atoms with Gasteiger partial charge in [-0.05, 0) is 73.9 Å². The fourth-order valence-electron chi connectivity index (χ4n) is 3.33. The molecule has 0 unspecified atom stereocenters. The summed E-state index contributed by atoms with van der Waals surface area (Å²) in [6.07, 6.45) is 5.65. The summed E-state index contributed by atoms with van der Waals surface area (Å²) < 4.78 is 17.0. The van der Waals surface area contributed by atoms with Crippen LogP contribution in [0.25, 0.3) is 0 Å². The number of fused-ring (bicyclic) bond motifs is 8. The minimum atomic E-state index is -0.207. The Morgan fingerprint density at radius 3 is 2.50 bits per heavy atom. The van der Waals surface area contributed by atoms with Crippen LogP contribution in [0.3, 0.4) is 0 Å². The van der Waals surface area contributed by atoms with Crippen molar-refractivity contribution in [3.8, 4) is 17.2 Å². The van der Waals surface area contributed by atoms with Crippen LogP contribution in [0, 0.1) is 0 Å². The largest absolute Gasteiger partial charge is 0.493 e. The third kappa shape index (κ3) is 5.01. The van der Waals surface area contributed by atoms with Crippen molar-refractivity contribution in [1.82, 2.24) is 0 Å². The average Bonchev–Trinajstić information content (AvgIpc) is 2.64. The number of hydrogen-bond acceptors (Lipinski definition) is 4. The van der Waals surface area contributed by atoms with Crippen molar-refractivity contribution < 1.29 is 19.0 Å². The molecule has 2 aliphatic heterocycles. The van der Waals surface area contributed by atoms with Gasteiger partial charge in [-0.3, -0.25) is 4.79 Å². The molecule has 0 N–H and O–H groups in total. The maximum Gasteiger partial charge on any atom is 0.302 e. The van der Waals surface area contributed by atoms with Crippen LogP contribution in [0.5, 0.6) is 17.2 Å². The molecule has 0 saturated heterocycles. The Morgan fingerprint density at radius 1 is 1.00 bits per heavy atom. The molecule has 0 fully saturated rings. The Bertz CT molecular complexity index is 736. The lowest BCUT2D eigenvalue weighted by molar-refractivity contribution is -0.147. The van der Waals surface area contributed by atoms with Gasteiger partial charge in [0.05, 0.1) is 7.11 Å². The number of esters is 1. The molecule has 0 saturated carbocycles. The number of methoxy groups -OCH3 is 1. The average molecular weight is 354 g/mol. The molecule has 0 amide bonds. The smallest absolute Gasteiger partial charge is 0.302 e. The molecule has 4 rings (SSSR count). The minimum absolute atomic E-state index is 0.0362. The van der Waals surface area contributed by atoms with Crippen molar-refractivity contribution >= 4 is 5.97 Å². The molecule has 4 heteroatoms. The highest BCUT2D eigenvalue weighted by Crippen LogP contribution is 2.33. The van der Waals surface area contributed by atoms with Gasteiger partial charge in [-0.1, -0.05) is 18.2 Å². The maximum absolute atomic E-state index is 11.4. The molecule has 4 nitrogen and oxygen atoms in total. The van der Waals surface area contributed by atoms with Gasteiger partial charge in [0.1, 0.15) is 11.9 Å². The van der Waals surface area contributed by atoms with Crippen molar-refractivity contribution in [2.75, 3.05) is 7.11 Å². The first-order valence-corrected chi connectivity index (χ1v) is 9.25. The van der Waals surface area contributed by atoms with Gasteiger partial charge < -0.3 is 14.2 Å².